The maximum Gasteiger partial charge on any atom is 0.327 e. The monoisotopic (exact) mass is 564 g/mol. The number of H-pyrrole nitrogens is 1. The van der Waals surface area contributed by atoms with Gasteiger partial charge >= 0.3 is 5.97 Å². The average molecular weight is 565 g/mol. The zero-order chi connectivity index (χ0) is 27.8. The predicted molar refractivity (Wildman–Crippen MR) is 147 cm³/mol. The van der Waals surface area contributed by atoms with E-state index in [1.54, 1.807) is 6.20 Å². The Morgan fingerprint density at radius 3 is 2.47 bits per heavy atom. The number of carbonyl (C=O) groups excluding carboxylic acids is 4. The molecule has 3 rings (SSSR count). The number of aliphatic carboxylic acids is 1. The molecular weight excluding hydrogens is 532 g/mol. The fraction of sp³-hybridized carbons (Fsp3) is 0.458. The lowest BCUT2D eigenvalue weighted by atomic mass is 10.0. The number of carboxylic acid groups (broad SMARTS) is 1. The van der Waals surface area contributed by atoms with Gasteiger partial charge in [0.05, 0.1) is 12.6 Å². The van der Waals surface area contributed by atoms with Gasteiger partial charge < -0.3 is 36.7 Å². The van der Waals surface area contributed by atoms with E-state index in [1.165, 1.54) is 4.90 Å². The molecule has 0 spiro atoms. The molecule has 1 aromatic carbocycles. The standard InChI is InChI=1S/C24H32N6O6S2/c25-15(8-13-9-26-16-5-2-1-4-14(13)16)21(32)28-17(11-37)22(33)27-10-20(31)30-7-3-6-19(30)23(34)29-18(12-38)24(35)36/h1-2,4-5,9,15,17-19,26,37-38H,3,6-8,10-12,25H2,(H,27,33)(H,28,32)(H,29,34)(H,35,36)/t15-,17-,18-,19-/m0/s1. The second kappa shape index (κ2) is 13.5. The molecule has 0 bridgehead atoms. The highest BCUT2D eigenvalue weighted by molar-refractivity contribution is 7.80. The van der Waals surface area contributed by atoms with Gasteiger partial charge in [0.2, 0.25) is 23.6 Å². The highest BCUT2D eigenvalue weighted by Crippen LogP contribution is 2.19. The Balaban J connectivity index is 1.51. The number of nitrogens with two attached hydrogens (primary N) is 1. The van der Waals surface area contributed by atoms with Crippen LogP contribution in [0.3, 0.4) is 0 Å². The lowest BCUT2D eigenvalue weighted by molar-refractivity contribution is -0.143. The number of benzene rings is 1. The Bertz CT molecular complexity index is 1190. The number of aromatic nitrogens is 1. The summed E-state index contributed by atoms with van der Waals surface area (Å²) in [6.45, 7) is -0.111. The van der Waals surface area contributed by atoms with E-state index < -0.39 is 60.3 Å². The van der Waals surface area contributed by atoms with E-state index in [0.717, 1.165) is 16.5 Å². The molecule has 0 radical (unpaired) electrons. The van der Waals surface area contributed by atoms with Crippen LogP contribution < -0.4 is 21.7 Å². The van der Waals surface area contributed by atoms with E-state index in [0.29, 0.717) is 19.4 Å². The van der Waals surface area contributed by atoms with Crippen molar-refractivity contribution >= 4 is 65.8 Å². The summed E-state index contributed by atoms with van der Waals surface area (Å²) in [7, 11) is 0. The zero-order valence-electron chi connectivity index (χ0n) is 20.6. The topological polar surface area (TPSA) is 187 Å². The van der Waals surface area contributed by atoms with Gasteiger partial charge in [0.15, 0.2) is 0 Å². The van der Waals surface area contributed by atoms with E-state index in [2.05, 4.69) is 46.2 Å². The minimum Gasteiger partial charge on any atom is -0.480 e. The molecule has 1 aromatic heterocycles. The fourth-order valence-electron chi connectivity index (χ4n) is 4.28. The first kappa shape index (κ1) is 29.3. The largest absolute Gasteiger partial charge is 0.480 e. The molecule has 0 unspecified atom stereocenters. The Labute approximate surface area is 230 Å². The summed E-state index contributed by atoms with van der Waals surface area (Å²) in [6, 6.07) is 3.66. The van der Waals surface area contributed by atoms with Crippen LogP contribution in [0.4, 0.5) is 0 Å². The number of aromatic amines is 1. The summed E-state index contributed by atoms with van der Waals surface area (Å²) in [5, 5.41) is 17.5. The lowest BCUT2D eigenvalue weighted by Crippen LogP contribution is -2.55. The number of para-hydroxylation sites is 1. The molecule has 0 aliphatic carbocycles. The molecule has 2 aromatic rings. The number of nitrogens with one attached hydrogen (secondary N) is 4. The van der Waals surface area contributed by atoms with Crippen molar-refractivity contribution in [3.8, 4) is 0 Å². The third-order valence-electron chi connectivity index (χ3n) is 6.35. The van der Waals surface area contributed by atoms with E-state index in [4.69, 9.17) is 10.8 Å². The number of hydrogen-bond donors (Lipinski definition) is 8. The normalized spacial score (nSPS) is 17.4. The maximum atomic E-state index is 12.8. The van der Waals surface area contributed by atoms with Gasteiger partial charge in [0, 0.05) is 35.2 Å². The Kier molecular flexibility index (Phi) is 10.4. The quantitative estimate of drug-likeness (QED) is 0.153. The van der Waals surface area contributed by atoms with Crippen molar-refractivity contribution in [1.29, 1.82) is 0 Å². The molecule has 1 aliphatic heterocycles. The van der Waals surface area contributed by atoms with Crippen molar-refractivity contribution in [1.82, 2.24) is 25.8 Å². The molecule has 1 fully saturated rings. The fourth-order valence-corrected chi connectivity index (χ4v) is 4.79. The molecule has 4 atom stereocenters. The van der Waals surface area contributed by atoms with Crippen molar-refractivity contribution in [2.75, 3.05) is 24.6 Å². The van der Waals surface area contributed by atoms with Crippen molar-refractivity contribution in [3.05, 3.63) is 36.0 Å². The smallest absolute Gasteiger partial charge is 0.327 e. The van der Waals surface area contributed by atoms with Crippen molar-refractivity contribution in [2.45, 2.75) is 43.4 Å². The Hall–Kier alpha value is -3.23. The van der Waals surface area contributed by atoms with Crippen LogP contribution in [0.25, 0.3) is 10.9 Å². The average Bonchev–Trinajstić information content (AvgIpc) is 3.56. The molecule has 1 aliphatic rings. The third-order valence-corrected chi connectivity index (χ3v) is 7.08. The number of rotatable bonds is 12. The van der Waals surface area contributed by atoms with Crippen LogP contribution in [0.15, 0.2) is 30.5 Å². The second-order valence-electron chi connectivity index (χ2n) is 8.96. The number of likely N-dealkylation sites (tertiary alicyclic amines) is 1. The van der Waals surface area contributed by atoms with Gasteiger partial charge in [-0.2, -0.15) is 25.3 Å². The molecule has 14 heteroatoms. The van der Waals surface area contributed by atoms with Gasteiger partial charge in [0.1, 0.15) is 18.1 Å². The van der Waals surface area contributed by atoms with Crippen molar-refractivity contribution < 1.29 is 29.1 Å². The van der Waals surface area contributed by atoms with Gasteiger partial charge in [-0.05, 0) is 30.9 Å². The third kappa shape index (κ3) is 7.20. The number of fused-ring (bicyclic) bond motifs is 1. The molecule has 206 valence electrons. The summed E-state index contributed by atoms with van der Waals surface area (Å²) in [4.78, 5) is 66.2. The number of hydrogen-bond acceptors (Lipinski definition) is 8. The number of thiol groups is 2. The lowest BCUT2D eigenvalue weighted by Gasteiger charge is -2.26. The van der Waals surface area contributed by atoms with Crippen LogP contribution in [0.2, 0.25) is 0 Å². The van der Waals surface area contributed by atoms with Crippen LogP contribution in [-0.4, -0.2) is 93.4 Å². The molecule has 0 saturated carbocycles. The first-order valence-electron chi connectivity index (χ1n) is 12.1. The molecule has 1 saturated heterocycles. The van der Waals surface area contributed by atoms with Crippen molar-refractivity contribution in [2.24, 2.45) is 5.73 Å². The summed E-state index contributed by atoms with van der Waals surface area (Å²) >= 11 is 8.06. The highest BCUT2D eigenvalue weighted by atomic mass is 32.1. The summed E-state index contributed by atoms with van der Waals surface area (Å²) in [6.07, 6.45) is 2.97. The van der Waals surface area contributed by atoms with Crippen LogP contribution >= 0.6 is 25.3 Å². The molecule has 2 heterocycles. The Morgan fingerprint density at radius 1 is 1.08 bits per heavy atom. The van der Waals surface area contributed by atoms with E-state index in [-0.39, 0.29) is 17.9 Å². The first-order chi connectivity index (χ1) is 18.2. The molecular formula is C24H32N6O6S2. The number of nitrogens with zero attached hydrogens (tertiary/aromatic N) is 1. The van der Waals surface area contributed by atoms with Gasteiger partial charge in [-0.25, -0.2) is 4.79 Å². The van der Waals surface area contributed by atoms with Crippen LogP contribution in [0.1, 0.15) is 18.4 Å². The molecule has 4 amide bonds. The van der Waals surface area contributed by atoms with Gasteiger partial charge in [-0.3, -0.25) is 19.2 Å². The zero-order valence-corrected chi connectivity index (χ0v) is 22.3. The minimum absolute atomic E-state index is 0.0272. The maximum absolute atomic E-state index is 12.8. The molecule has 38 heavy (non-hydrogen) atoms. The van der Waals surface area contributed by atoms with Crippen molar-refractivity contribution in [3.63, 3.8) is 0 Å². The predicted octanol–water partition coefficient (Wildman–Crippen LogP) is -0.941. The SMILES string of the molecule is N[C@@H](Cc1c[nH]c2ccccc12)C(=O)N[C@@H](CS)C(=O)NCC(=O)N1CCC[C@H]1C(=O)N[C@@H](CS)C(=O)O. The minimum atomic E-state index is -1.22. The van der Waals surface area contributed by atoms with Crippen LogP contribution in [0.5, 0.6) is 0 Å². The van der Waals surface area contributed by atoms with Crippen LogP contribution in [0, 0.1) is 0 Å². The Morgan fingerprint density at radius 2 is 1.79 bits per heavy atom. The number of carboxylic acids is 1. The summed E-state index contributed by atoms with van der Waals surface area (Å²) in [5.74, 6) is -3.60. The summed E-state index contributed by atoms with van der Waals surface area (Å²) < 4.78 is 0. The number of carbonyl (C=O) groups is 5. The highest BCUT2D eigenvalue weighted by Gasteiger charge is 2.36. The van der Waals surface area contributed by atoms with E-state index in [1.807, 2.05) is 24.3 Å². The van der Waals surface area contributed by atoms with E-state index in [9.17, 15) is 24.0 Å². The first-order valence-corrected chi connectivity index (χ1v) is 13.4. The van der Waals surface area contributed by atoms with E-state index >= 15 is 0 Å². The summed E-state index contributed by atoms with van der Waals surface area (Å²) in [5.41, 5.74) is 7.89. The van der Waals surface area contributed by atoms with Gasteiger partial charge in [-0.1, -0.05) is 18.2 Å². The molecule has 7 N–H and O–H groups in total. The molecule has 12 nitrogen and oxygen atoms in total. The second-order valence-corrected chi connectivity index (χ2v) is 9.69. The van der Waals surface area contributed by atoms with Crippen LogP contribution in [-0.2, 0) is 30.4 Å². The number of amides is 4. The van der Waals surface area contributed by atoms with Gasteiger partial charge in [0.25, 0.3) is 0 Å². The van der Waals surface area contributed by atoms with Gasteiger partial charge in [-0.15, -0.1) is 0 Å².